The van der Waals surface area contributed by atoms with Gasteiger partial charge in [-0.2, -0.15) is 0 Å². The summed E-state index contributed by atoms with van der Waals surface area (Å²) < 4.78 is 23.3. The number of rotatable bonds is 7. The van der Waals surface area contributed by atoms with Crippen molar-refractivity contribution < 1.29 is 18.7 Å². The average molecular weight is 556 g/mol. The number of hydrogen-bond acceptors (Lipinski definition) is 6. The van der Waals surface area contributed by atoms with Crippen LogP contribution in [-0.2, 0) is 24.2 Å². The molecule has 6 rings (SSSR count). The molecule has 0 spiro atoms. The Morgan fingerprint density at radius 3 is 2.82 bits per heavy atom. The van der Waals surface area contributed by atoms with E-state index in [1.54, 1.807) is 40.9 Å². The maximum atomic E-state index is 15.2. The Labute approximate surface area is 228 Å². The number of carbonyl (C=O) groups excluding carboxylic acids is 2. The van der Waals surface area contributed by atoms with Gasteiger partial charge < -0.3 is 19.5 Å². The predicted molar refractivity (Wildman–Crippen MR) is 141 cm³/mol. The Morgan fingerprint density at radius 2 is 2.05 bits per heavy atom. The number of imidazole rings is 1. The zero-order valence-electron chi connectivity index (χ0n) is 20.9. The second-order valence-electron chi connectivity index (χ2n) is 9.66. The van der Waals surface area contributed by atoms with Gasteiger partial charge in [-0.15, -0.1) is 0 Å². The first kappa shape index (κ1) is 25.2. The van der Waals surface area contributed by atoms with E-state index in [0.29, 0.717) is 47.1 Å². The number of nitrogens with zero attached hydrogens (tertiary/aromatic N) is 4. The van der Waals surface area contributed by atoms with Crippen molar-refractivity contribution in [1.29, 1.82) is 0 Å². The van der Waals surface area contributed by atoms with Crippen LogP contribution in [0.3, 0.4) is 0 Å². The normalized spacial score (nSPS) is 18.2. The summed E-state index contributed by atoms with van der Waals surface area (Å²) in [7, 11) is 0. The van der Waals surface area contributed by atoms with Gasteiger partial charge >= 0.3 is 0 Å². The lowest BCUT2D eigenvalue weighted by Gasteiger charge is -2.36. The van der Waals surface area contributed by atoms with Gasteiger partial charge in [-0.3, -0.25) is 9.59 Å². The number of amides is 2. The number of pyridine rings is 1. The fraction of sp³-hybridized carbons (Fsp3) is 0.407. The third-order valence-corrected chi connectivity index (χ3v) is 8.29. The van der Waals surface area contributed by atoms with E-state index in [1.807, 2.05) is 6.92 Å². The lowest BCUT2D eigenvalue weighted by Crippen LogP contribution is -2.44. The highest BCUT2D eigenvalue weighted by molar-refractivity contribution is 7.99. The van der Waals surface area contributed by atoms with Crippen molar-refractivity contribution in [2.24, 2.45) is 0 Å². The van der Waals surface area contributed by atoms with Crippen LogP contribution in [-0.4, -0.2) is 56.2 Å². The van der Waals surface area contributed by atoms with Crippen LogP contribution in [0.25, 0.3) is 0 Å². The van der Waals surface area contributed by atoms with E-state index in [9.17, 15) is 9.59 Å². The van der Waals surface area contributed by atoms with Crippen LogP contribution >= 0.6 is 23.4 Å². The highest BCUT2D eigenvalue weighted by atomic mass is 35.5. The number of carbonyl (C=O) groups is 2. The molecule has 1 unspecified atom stereocenters. The third kappa shape index (κ3) is 4.75. The number of fused-ring (bicyclic) bond motifs is 3. The molecular formula is C27H27ClFN5O3S. The Kier molecular flexibility index (Phi) is 6.77. The standard InChI is InChI=1S/C27H27ClFN5O3S/c1-2-19-22(8-7-21(31-19)26(36)30-16-4-5-16)37-14-23(35)33-10-9-20-25(34-11-12-38-27(34)32-20)24(33)17-6-3-15(28)13-18(17)29/h3,6-8,13,16,24H,2,4-5,9-12,14H2,1H3,(H,30,36). The minimum Gasteiger partial charge on any atom is -0.482 e. The van der Waals surface area contributed by atoms with Gasteiger partial charge in [-0.05, 0) is 43.5 Å². The molecule has 2 aromatic heterocycles. The zero-order valence-corrected chi connectivity index (χ0v) is 22.4. The third-order valence-electron chi connectivity index (χ3n) is 7.10. The van der Waals surface area contributed by atoms with E-state index in [2.05, 4.69) is 14.9 Å². The molecule has 1 aliphatic carbocycles. The molecule has 11 heteroatoms. The predicted octanol–water partition coefficient (Wildman–Crippen LogP) is 4.18. The molecule has 2 aliphatic heterocycles. The minimum absolute atomic E-state index is 0.201. The second-order valence-corrected chi connectivity index (χ2v) is 11.2. The first-order valence-electron chi connectivity index (χ1n) is 12.8. The molecule has 2 amide bonds. The van der Waals surface area contributed by atoms with Gasteiger partial charge in [0.05, 0.1) is 17.1 Å². The Morgan fingerprint density at radius 1 is 1.21 bits per heavy atom. The second kappa shape index (κ2) is 10.2. The van der Waals surface area contributed by atoms with Crippen LogP contribution in [0.4, 0.5) is 4.39 Å². The molecule has 3 aliphatic rings. The SMILES string of the molecule is CCc1nc(C(=O)NC2CC2)ccc1OCC(=O)N1CCc2nc3n(c2C1c1ccc(Cl)cc1F)CCS3. The lowest BCUT2D eigenvalue weighted by molar-refractivity contribution is -0.135. The molecule has 0 bridgehead atoms. The quantitative estimate of drug-likeness (QED) is 0.470. The van der Waals surface area contributed by atoms with Crippen LogP contribution in [0.2, 0.25) is 5.02 Å². The van der Waals surface area contributed by atoms with Crippen molar-refractivity contribution >= 4 is 35.2 Å². The Bertz CT molecular complexity index is 1430. The molecule has 1 saturated carbocycles. The molecule has 3 aromatic rings. The molecule has 1 N–H and O–H groups in total. The molecule has 38 heavy (non-hydrogen) atoms. The Balaban J connectivity index is 1.25. The number of nitrogens with one attached hydrogen (secondary N) is 1. The topological polar surface area (TPSA) is 89.3 Å². The first-order chi connectivity index (χ1) is 18.4. The van der Waals surface area contributed by atoms with E-state index in [1.165, 1.54) is 6.07 Å². The number of aryl methyl sites for hydroxylation is 1. The smallest absolute Gasteiger partial charge is 0.270 e. The van der Waals surface area contributed by atoms with Crippen LogP contribution in [0.5, 0.6) is 5.75 Å². The number of thioether (sulfide) groups is 1. The van der Waals surface area contributed by atoms with Gasteiger partial charge in [-0.25, -0.2) is 14.4 Å². The lowest BCUT2D eigenvalue weighted by atomic mass is 9.94. The summed E-state index contributed by atoms with van der Waals surface area (Å²) in [6, 6.07) is 7.47. The monoisotopic (exact) mass is 555 g/mol. The number of benzene rings is 1. The summed E-state index contributed by atoms with van der Waals surface area (Å²) in [5, 5.41) is 4.14. The van der Waals surface area contributed by atoms with Gasteiger partial charge in [0.2, 0.25) is 0 Å². The zero-order chi connectivity index (χ0) is 26.4. The van der Waals surface area contributed by atoms with E-state index in [0.717, 1.165) is 41.7 Å². The van der Waals surface area contributed by atoms with E-state index in [4.69, 9.17) is 21.3 Å². The van der Waals surface area contributed by atoms with Crippen molar-refractivity contribution in [3.05, 3.63) is 69.5 Å². The number of aromatic nitrogens is 3. The van der Waals surface area contributed by atoms with Gasteiger partial charge in [0, 0.05) is 41.9 Å². The maximum Gasteiger partial charge on any atom is 0.270 e. The summed E-state index contributed by atoms with van der Waals surface area (Å²) >= 11 is 7.71. The van der Waals surface area contributed by atoms with Crippen LogP contribution in [0.15, 0.2) is 35.5 Å². The summed E-state index contributed by atoms with van der Waals surface area (Å²) in [4.78, 5) is 36.9. The minimum atomic E-state index is -0.635. The molecule has 8 nitrogen and oxygen atoms in total. The molecule has 4 heterocycles. The van der Waals surface area contributed by atoms with Gasteiger partial charge in [0.25, 0.3) is 11.8 Å². The van der Waals surface area contributed by atoms with Gasteiger partial charge in [-0.1, -0.05) is 36.4 Å². The number of ether oxygens (including phenoxy) is 1. The van der Waals surface area contributed by atoms with E-state index >= 15 is 4.39 Å². The van der Waals surface area contributed by atoms with Gasteiger partial charge in [0.1, 0.15) is 23.3 Å². The first-order valence-corrected chi connectivity index (χ1v) is 14.2. The van der Waals surface area contributed by atoms with Crippen molar-refractivity contribution in [3.8, 4) is 5.75 Å². The summed E-state index contributed by atoms with van der Waals surface area (Å²) in [5.41, 5.74) is 3.07. The molecule has 0 radical (unpaired) electrons. The molecular weight excluding hydrogens is 529 g/mol. The molecule has 1 aromatic carbocycles. The average Bonchev–Trinajstić information content (AvgIpc) is 3.48. The highest BCUT2D eigenvalue weighted by Crippen LogP contribution is 2.41. The van der Waals surface area contributed by atoms with Crippen molar-refractivity contribution in [2.45, 2.75) is 56.4 Å². The van der Waals surface area contributed by atoms with Crippen LogP contribution < -0.4 is 10.1 Å². The van der Waals surface area contributed by atoms with E-state index < -0.39 is 11.9 Å². The number of hydrogen-bond donors (Lipinski definition) is 1. The number of halogens is 2. The highest BCUT2D eigenvalue weighted by Gasteiger charge is 2.39. The maximum absolute atomic E-state index is 15.2. The van der Waals surface area contributed by atoms with Gasteiger partial charge in [0.15, 0.2) is 11.8 Å². The summed E-state index contributed by atoms with van der Waals surface area (Å²) in [6.07, 6.45) is 3.12. The fourth-order valence-corrected chi connectivity index (χ4v) is 6.19. The van der Waals surface area contributed by atoms with Crippen molar-refractivity contribution in [1.82, 2.24) is 24.8 Å². The summed E-state index contributed by atoms with van der Waals surface area (Å²) in [5.74, 6) is 0.413. The van der Waals surface area contributed by atoms with Crippen LogP contribution in [0.1, 0.15) is 58.9 Å². The van der Waals surface area contributed by atoms with Crippen molar-refractivity contribution in [3.63, 3.8) is 0 Å². The molecule has 198 valence electrons. The fourth-order valence-electron chi connectivity index (χ4n) is 5.06. The Hall–Kier alpha value is -3.11. The van der Waals surface area contributed by atoms with E-state index in [-0.39, 0.29) is 24.5 Å². The van der Waals surface area contributed by atoms with Crippen molar-refractivity contribution in [2.75, 3.05) is 18.9 Å². The molecule has 1 fully saturated rings. The largest absolute Gasteiger partial charge is 0.482 e. The molecule has 0 saturated heterocycles. The summed E-state index contributed by atoms with van der Waals surface area (Å²) in [6.45, 7) is 2.84. The van der Waals surface area contributed by atoms with Crippen LogP contribution in [0, 0.1) is 5.82 Å². The molecule has 1 atom stereocenters.